The molecule has 108 valence electrons. The van der Waals surface area contributed by atoms with Crippen LogP contribution in [0.15, 0.2) is 41.6 Å². The summed E-state index contributed by atoms with van der Waals surface area (Å²) in [6, 6.07) is 6.06. The van der Waals surface area contributed by atoms with Crippen LogP contribution in [0.2, 0.25) is 5.02 Å². The topological polar surface area (TPSA) is 90.0 Å². The number of anilines is 1. The Hall–Kier alpha value is -1.57. The summed E-state index contributed by atoms with van der Waals surface area (Å²) in [4.78, 5) is 0.107. The number of hydrogen-bond acceptors (Lipinski definition) is 4. The average Bonchev–Trinajstić information content (AvgIpc) is 2.91. The first kappa shape index (κ1) is 14.8. The fraction of sp³-hybridized carbons (Fsp3) is 0.250. The minimum absolute atomic E-state index is 0.107. The lowest BCUT2D eigenvalue weighted by Crippen LogP contribution is -2.25. The molecule has 0 aliphatic heterocycles. The molecule has 1 aromatic carbocycles. The molecule has 2 aromatic rings. The second kappa shape index (κ2) is 6.25. The van der Waals surface area contributed by atoms with Crippen molar-refractivity contribution in [2.24, 2.45) is 0 Å². The third kappa shape index (κ3) is 3.72. The molecule has 2 rings (SSSR count). The smallest absolute Gasteiger partial charge is 0.240 e. The van der Waals surface area contributed by atoms with Crippen molar-refractivity contribution in [1.29, 1.82) is 0 Å². The summed E-state index contributed by atoms with van der Waals surface area (Å²) in [5, 5.41) is 4.26. The third-order valence-corrected chi connectivity index (χ3v) is 4.48. The summed E-state index contributed by atoms with van der Waals surface area (Å²) in [6.07, 6.45) is 4.15. The van der Waals surface area contributed by atoms with Crippen molar-refractivity contribution in [3.05, 3.63) is 41.7 Å². The monoisotopic (exact) mass is 314 g/mol. The Labute approximate surface area is 122 Å². The van der Waals surface area contributed by atoms with E-state index in [1.807, 2.05) is 12.3 Å². The molecule has 1 heterocycles. The van der Waals surface area contributed by atoms with Gasteiger partial charge in [0.1, 0.15) is 0 Å². The number of halogens is 1. The average molecular weight is 315 g/mol. The lowest BCUT2D eigenvalue weighted by molar-refractivity contribution is 0.553. The molecule has 6 nitrogen and oxygen atoms in total. The van der Waals surface area contributed by atoms with Crippen molar-refractivity contribution >= 4 is 27.3 Å². The number of hydrogen-bond donors (Lipinski definition) is 2. The van der Waals surface area contributed by atoms with Crippen molar-refractivity contribution < 1.29 is 8.42 Å². The Morgan fingerprint density at radius 2 is 2.20 bits per heavy atom. The molecule has 0 aliphatic carbocycles. The molecular formula is C12H15ClN4O2S. The highest BCUT2D eigenvalue weighted by atomic mass is 35.5. The molecule has 0 aliphatic rings. The minimum atomic E-state index is -3.56. The minimum Gasteiger partial charge on any atom is -0.398 e. The second-order valence-electron chi connectivity index (χ2n) is 4.20. The van der Waals surface area contributed by atoms with Gasteiger partial charge >= 0.3 is 0 Å². The second-order valence-corrected chi connectivity index (χ2v) is 6.38. The number of nitrogen functional groups attached to an aromatic ring is 1. The van der Waals surface area contributed by atoms with Gasteiger partial charge in [0.05, 0.1) is 15.6 Å². The first-order valence-electron chi connectivity index (χ1n) is 6.01. The molecule has 0 spiro atoms. The van der Waals surface area contributed by atoms with Gasteiger partial charge in [-0.2, -0.15) is 5.10 Å². The van der Waals surface area contributed by atoms with Crippen molar-refractivity contribution in [3.8, 4) is 0 Å². The maximum Gasteiger partial charge on any atom is 0.240 e. The zero-order valence-corrected chi connectivity index (χ0v) is 12.2. The van der Waals surface area contributed by atoms with E-state index in [0.717, 1.165) is 0 Å². The van der Waals surface area contributed by atoms with E-state index in [1.165, 1.54) is 18.2 Å². The van der Waals surface area contributed by atoms with Crippen molar-refractivity contribution in [2.75, 3.05) is 12.3 Å². The molecule has 8 heteroatoms. The first-order valence-corrected chi connectivity index (χ1v) is 7.87. The van der Waals surface area contributed by atoms with Gasteiger partial charge in [-0.25, -0.2) is 13.1 Å². The maximum absolute atomic E-state index is 12.0. The largest absolute Gasteiger partial charge is 0.398 e. The highest BCUT2D eigenvalue weighted by Crippen LogP contribution is 2.22. The summed E-state index contributed by atoms with van der Waals surface area (Å²) in [5.41, 5.74) is 5.90. The Morgan fingerprint density at radius 1 is 1.40 bits per heavy atom. The van der Waals surface area contributed by atoms with E-state index < -0.39 is 10.0 Å². The number of nitrogens with two attached hydrogens (primary N) is 1. The Kier molecular flexibility index (Phi) is 4.64. The van der Waals surface area contributed by atoms with Crippen molar-refractivity contribution in [1.82, 2.24) is 14.5 Å². The number of nitrogens with one attached hydrogen (secondary N) is 1. The summed E-state index contributed by atoms with van der Waals surface area (Å²) < 4.78 is 28.3. The number of benzene rings is 1. The van der Waals surface area contributed by atoms with Gasteiger partial charge in [0.25, 0.3) is 0 Å². The highest BCUT2D eigenvalue weighted by molar-refractivity contribution is 7.89. The maximum atomic E-state index is 12.0. The molecule has 3 N–H and O–H groups in total. The van der Waals surface area contributed by atoms with Crippen LogP contribution in [0, 0.1) is 0 Å². The quantitative estimate of drug-likeness (QED) is 0.624. The molecule has 0 unspecified atom stereocenters. The molecule has 1 aromatic heterocycles. The van der Waals surface area contributed by atoms with Gasteiger partial charge in [0, 0.05) is 25.5 Å². The SMILES string of the molecule is Nc1ccc(S(=O)(=O)NCCCn2cccn2)cc1Cl. The van der Waals surface area contributed by atoms with Crippen LogP contribution in [0.4, 0.5) is 5.69 Å². The van der Waals surface area contributed by atoms with E-state index in [9.17, 15) is 8.42 Å². The van der Waals surface area contributed by atoms with Crippen LogP contribution in [-0.2, 0) is 16.6 Å². The molecule has 0 radical (unpaired) electrons. The zero-order chi connectivity index (χ0) is 14.6. The van der Waals surface area contributed by atoms with Gasteiger partial charge in [0.2, 0.25) is 10.0 Å². The van der Waals surface area contributed by atoms with Crippen molar-refractivity contribution in [2.45, 2.75) is 17.9 Å². The number of nitrogens with zero attached hydrogens (tertiary/aromatic N) is 2. The van der Waals surface area contributed by atoms with Gasteiger partial charge in [-0.1, -0.05) is 11.6 Å². The lowest BCUT2D eigenvalue weighted by atomic mass is 10.3. The normalized spacial score (nSPS) is 11.7. The number of sulfonamides is 1. The highest BCUT2D eigenvalue weighted by Gasteiger charge is 2.14. The van der Waals surface area contributed by atoms with E-state index >= 15 is 0 Å². The molecule has 0 amide bonds. The van der Waals surface area contributed by atoms with E-state index in [1.54, 1.807) is 10.9 Å². The van der Waals surface area contributed by atoms with Crippen molar-refractivity contribution in [3.63, 3.8) is 0 Å². The van der Waals surface area contributed by atoms with Crippen LogP contribution < -0.4 is 10.5 Å². The standard InChI is InChI=1S/C12H15ClN4O2S/c13-11-9-10(3-4-12(11)14)20(18,19)16-6-2-8-17-7-1-5-15-17/h1,3-5,7,9,16H,2,6,8,14H2. The molecule has 0 atom stereocenters. The number of rotatable bonds is 6. The summed E-state index contributed by atoms with van der Waals surface area (Å²) >= 11 is 5.82. The lowest BCUT2D eigenvalue weighted by Gasteiger charge is -2.08. The summed E-state index contributed by atoms with van der Waals surface area (Å²) in [5.74, 6) is 0. The fourth-order valence-electron chi connectivity index (χ4n) is 1.64. The summed E-state index contributed by atoms with van der Waals surface area (Å²) in [7, 11) is -3.56. The van der Waals surface area contributed by atoms with Crippen LogP contribution in [0.3, 0.4) is 0 Å². The Balaban J connectivity index is 1.92. The van der Waals surface area contributed by atoms with E-state index in [-0.39, 0.29) is 9.92 Å². The van der Waals surface area contributed by atoms with Crippen LogP contribution in [0.25, 0.3) is 0 Å². The molecule has 0 saturated heterocycles. The van der Waals surface area contributed by atoms with Crippen LogP contribution in [-0.4, -0.2) is 24.7 Å². The molecule has 0 saturated carbocycles. The summed E-state index contributed by atoms with van der Waals surface area (Å²) in [6.45, 7) is 0.974. The Bertz CT molecular complexity index is 671. The molecular weight excluding hydrogens is 300 g/mol. The number of aromatic nitrogens is 2. The molecule has 0 fully saturated rings. The number of aryl methyl sites for hydroxylation is 1. The van der Waals surface area contributed by atoms with E-state index in [2.05, 4.69) is 9.82 Å². The van der Waals surface area contributed by atoms with Crippen LogP contribution in [0.5, 0.6) is 0 Å². The van der Waals surface area contributed by atoms with Gasteiger partial charge in [-0.05, 0) is 30.7 Å². The van der Waals surface area contributed by atoms with Gasteiger partial charge in [0.15, 0.2) is 0 Å². The van der Waals surface area contributed by atoms with E-state index in [0.29, 0.717) is 25.2 Å². The van der Waals surface area contributed by atoms with Gasteiger partial charge in [-0.3, -0.25) is 4.68 Å². The Morgan fingerprint density at radius 3 is 2.85 bits per heavy atom. The third-order valence-electron chi connectivity index (χ3n) is 2.70. The fourth-order valence-corrected chi connectivity index (χ4v) is 2.98. The molecule has 0 bridgehead atoms. The predicted octanol–water partition coefficient (Wildman–Crippen LogP) is 1.49. The van der Waals surface area contributed by atoms with Gasteiger partial charge < -0.3 is 5.73 Å². The predicted molar refractivity (Wildman–Crippen MR) is 77.9 cm³/mol. The van der Waals surface area contributed by atoms with Gasteiger partial charge in [-0.15, -0.1) is 0 Å². The van der Waals surface area contributed by atoms with Crippen LogP contribution >= 0.6 is 11.6 Å². The van der Waals surface area contributed by atoms with E-state index in [4.69, 9.17) is 17.3 Å². The van der Waals surface area contributed by atoms with Crippen LogP contribution in [0.1, 0.15) is 6.42 Å². The first-order chi connectivity index (χ1) is 9.49. The zero-order valence-electron chi connectivity index (χ0n) is 10.7. The molecule has 20 heavy (non-hydrogen) atoms.